The molecule has 2 atom stereocenters. The molecule has 1 aliphatic heterocycles. The average molecular weight is 270 g/mol. The number of hydrogen-bond donors (Lipinski definition) is 1. The molecule has 1 spiro atoms. The van der Waals surface area contributed by atoms with E-state index in [1.807, 2.05) is 0 Å². The molecule has 0 bridgehead atoms. The summed E-state index contributed by atoms with van der Waals surface area (Å²) in [7, 11) is 0. The molecule has 0 aromatic rings. The fourth-order valence-corrected chi connectivity index (χ4v) is 3.62. The maximum atomic E-state index is 10.4. The summed E-state index contributed by atoms with van der Waals surface area (Å²) >= 11 is 0. The quantitative estimate of drug-likeness (QED) is 0.753. The van der Waals surface area contributed by atoms with Gasteiger partial charge in [0.05, 0.1) is 11.7 Å². The third-order valence-corrected chi connectivity index (χ3v) is 4.75. The van der Waals surface area contributed by atoms with Gasteiger partial charge in [0, 0.05) is 19.8 Å². The Morgan fingerprint density at radius 2 is 2.05 bits per heavy atom. The van der Waals surface area contributed by atoms with Crippen LogP contribution in [0.5, 0.6) is 0 Å². The Morgan fingerprint density at radius 1 is 1.26 bits per heavy atom. The van der Waals surface area contributed by atoms with Crippen LogP contribution in [-0.2, 0) is 9.47 Å². The third-order valence-electron chi connectivity index (χ3n) is 4.75. The summed E-state index contributed by atoms with van der Waals surface area (Å²) in [6.45, 7) is 4.45. The highest BCUT2D eigenvalue weighted by molar-refractivity contribution is 4.91. The summed E-state index contributed by atoms with van der Waals surface area (Å²) in [5, 5.41) is 10.4. The van der Waals surface area contributed by atoms with Crippen LogP contribution < -0.4 is 0 Å². The SMILES string of the molecule is CCCOCCC(O)C1CCOC2(CCCCC2)C1. The smallest absolute Gasteiger partial charge is 0.0686 e. The second-order valence-electron chi connectivity index (χ2n) is 6.31. The van der Waals surface area contributed by atoms with Crippen LogP contribution in [0.1, 0.15) is 64.7 Å². The zero-order valence-electron chi connectivity index (χ0n) is 12.4. The van der Waals surface area contributed by atoms with Gasteiger partial charge in [-0.25, -0.2) is 0 Å². The number of aliphatic hydroxyl groups is 1. The molecule has 1 saturated heterocycles. The van der Waals surface area contributed by atoms with Crippen molar-refractivity contribution in [1.82, 2.24) is 0 Å². The lowest BCUT2D eigenvalue weighted by atomic mass is 9.74. The van der Waals surface area contributed by atoms with E-state index < -0.39 is 0 Å². The molecule has 0 radical (unpaired) electrons. The predicted octanol–water partition coefficient (Wildman–Crippen LogP) is 3.29. The van der Waals surface area contributed by atoms with Crippen molar-refractivity contribution in [1.29, 1.82) is 0 Å². The molecule has 1 N–H and O–H groups in total. The number of aliphatic hydroxyl groups excluding tert-OH is 1. The van der Waals surface area contributed by atoms with Gasteiger partial charge in [0.25, 0.3) is 0 Å². The first kappa shape index (κ1) is 15.3. The zero-order valence-corrected chi connectivity index (χ0v) is 12.4. The number of hydrogen-bond acceptors (Lipinski definition) is 3. The first-order valence-electron chi connectivity index (χ1n) is 8.15. The van der Waals surface area contributed by atoms with E-state index in [-0.39, 0.29) is 11.7 Å². The highest BCUT2D eigenvalue weighted by atomic mass is 16.5. The lowest BCUT2D eigenvalue weighted by molar-refractivity contribution is -0.135. The molecule has 1 aliphatic carbocycles. The first-order chi connectivity index (χ1) is 9.26. The molecule has 0 aromatic heterocycles. The molecular formula is C16H30O3. The average Bonchev–Trinajstić information content (AvgIpc) is 2.44. The standard InChI is InChI=1S/C16H30O3/c1-2-10-18-11-7-15(17)14-6-12-19-16(13-14)8-4-3-5-9-16/h14-15,17H,2-13H2,1H3. The van der Waals surface area contributed by atoms with Crippen molar-refractivity contribution in [3.8, 4) is 0 Å². The van der Waals surface area contributed by atoms with Gasteiger partial charge in [-0.05, 0) is 44.4 Å². The Labute approximate surface area is 117 Å². The Morgan fingerprint density at radius 3 is 2.79 bits per heavy atom. The monoisotopic (exact) mass is 270 g/mol. The van der Waals surface area contributed by atoms with Gasteiger partial charge in [-0.2, -0.15) is 0 Å². The van der Waals surface area contributed by atoms with E-state index >= 15 is 0 Å². The maximum Gasteiger partial charge on any atom is 0.0686 e. The highest BCUT2D eigenvalue weighted by Gasteiger charge is 2.40. The minimum atomic E-state index is -0.209. The van der Waals surface area contributed by atoms with Crippen molar-refractivity contribution >= 4 is 0 Å². The molecule has 2 fully saturated rings. The zero-order chi connectivity index (χ0) is 13.6. The van der Waals surface area contributed by atoms with Crippen LogP contribution >= 0.6 is 0 Å². The van der Waals surface area contributed by atoms with Crippen molar-refractivity contribution in [3.05, 3.63) is 0 Å². The van der Waals surface area contributed by atoms with Crippen LogP contribution in [0.25, 0.3) is 0 Å². The third kappa shape index (κ3) is 4.44. The molecule has 3 heteroatoms. The minimum absolute atomic E-state index is 0.104. The van der Waals surface area contributed by atoms with Gasteiger partial charge in [-0.1, -0.05) is 26.2 Å². The molecular weight excluding hydrogens is 240 g/mol. The van der Waals surface area contributed by atoms with Crippen LogP contribution in [0.2, 0.25) is 0 Å². The second kappa shape index (κ2) is 7.61. The molecule has 0 amide bonds. The van der Waals surface area contributed by atoms with Crippen LogP contribution in [0, 0.1) is 5.92 Å². The molecule has 2 unspecified atom stereocenters. The van der Waals surface area contributed by atoms with Crippen LogP contribution in [0.4, 0.5) is 0 Å². The fraction of sp³-hybridized carbons (Fsp3) is 1.00. The minimum Gasteiger partial charge on any atom is -0.393 e. The summed E-state index contributed by atoms with van der Waals surface area (Å²) in [4.78, 5) is 0. The molecule has 1 saturated carbocycles. The second-order valence-corrected chi connectivity index (χ2v) is 6.31. The Kier molecular flexibility index (Phi) is 6.11. The van der Waals surface area contributed by atoms with E-state index in [1.165, 1.54) is 32.1 Å². The lowest BCUT2D eigenvalue weighted by Crippen LogP contribution is -2.44. The Bertz CT molecular complexity index is 243. The van der Waals surface area contributed by atoms with Crippen LogP contribution in [0.15, 0.2) is 0 Å². The van der Waals surface area contributed by atoms with Crippen molar-refractivity contribution < 1.29 is 14.6 Å². The molecule has 0 aromatic carbocycles. The van der Waals surface area contributed by atoms with Crippen LogP contribution in [-0.4, -0.2) is 36.6 Å². The van der Waals surface area contributed by atoms with Crippen molar-refractivity contribution in [2.75, 3.05) is 19.8 Å². The summed E-state index contributed by atoms with van der Waals surface area (Å²) in [6, 6.07) is 0. The molecule has 19 heavy (non-hydrogen) atoms. The van der Waals surface area contributed by atoms with E-state index in [4.69, 9.17) is 9.47 Å². The van der Waals surface area contributed by atoms with E-state index in [0.717, 1.165) is 38.9 Å². The van der Waals surface area contributed by atoms with Crippen molar-refractivity contribution in [2.24, 2.45) is 5.92 Å². The van der Waals surface area contributed by atoms with E-state index in [0.29, 0.717) is 12.5 Å². The lowest BCUT2D eigenvalue weighted by Gasteiger charge is -2.44. The first-order valence-corrected chi connectivity index (χ1v) is 8.15. The number of ether oxygens (including phenoxy) is 2. The summed E-state index contributed by atoms with van der Waals surface area (Å²) in [5.74, 6) is 0.414. The van der Waals surface area contributed by atoms with Gasteiger partial charge in [0.1, 0.15) is 0 Å². The number of rotatable bonds is 6. The van der Waals surface area contributed by atoms with Gasteiger partial charge < -0.3 is 14.6 Å². The molecule has 1 heterocycles. The van der Waals surface area contributed by atoms with Crippen LogP contribution in [0.3, 0.4) is 0 Å². The molecule has 112 valence electrons. The van der Waals surface area contributed by atoms with E-state index in [1.54, 1.807) is 0 Å². The molecule has 2 aliphatic rings. The fourth-order valence-electron chi connectivity index (χ4n) is 3.62. The molecule has 2 rings (SSSR count). The maximum absolute atomic E-state index is 10.4. The Balaban J connectivity index is 1.76. The normalized spacial score (nSPS) is 28.4. The van der Waals surface area contributed by atoms with Gasteiger partial charge in [0.2, 0.25) is 0 Å². The van der Waals surface area contributed by atoms with E-state index in [2.05, 4.69) is 6.92 Å². The Hall–Kier alpha value is -0.120. The highest BCUT2D eigenvalue weighted by Crippen LogP contribution is 2.41. The van der Waals surface area contributed by atoms with Gasteiger partial charge in [-0.3, -0.25) is 0 Å². The topological polar surface area (TPSA) is 38.7 Å². The summed E-state index contributed by atoms with van der Waals surface area (Å²) in [5.41, 5.74) is 0.104. The van der Waals surface area contributed by atoms with E-state index in [9.17, 15) is 5.11 Å². The largest absolute Gasteiger partial charge is 0.393 e. The van der Waals surface area contributed by atoms with Gasteiger partial charge in [0.15, 0.2) is 0 Å². The van der Waals surface area contributed by atoms with Crippen molar-refractivity contribution in [3.63, 3.8) is 0 Å². The summed E-state index contributed by atoms with van der Waals surface area (Å²) < 4.78 is 11.6. The summed E-state index contributed by atoms with van der Waals surface area (Å²) in [6.07, 6.45) is 10.0. The molecule has 3 nitrogen and oxygen atoms in total. The van der Waals surface area contributed by atoms with Crippen molar-refractivity contribution in [2.45, 2.75) is 76.4 Å². The predicted molar refractivity (Wildman–Crippen MR) is 76.2 cm³/mol. The van der Waals surface area contributed by atoms with Gasteiger partial charge >= 0.3 is 0 Å². The van der Waals surface area contributed by atoms with Gasteiger partial charge in [-0.15, -0.1) is 0 Å².